The zero-order valence-electron chi connectivity index (χ0n) is 14.2. The smallest absolute Gasteiger partial charge is 0.300 e. The molecular weight excluding hydrogens is 332 g/mol. The molecule has 0 saturated heterocycles. The summed E-state index contributed by atoms with van der Waals surface area (Å²) in [5.74, 6) is 5.17. The monoisotopic (exact) mass is 350 g/mol. The lowest BCUT2D eigenvalue weighted by atomic mass is 9.96. The number of rotatable bonds is 2. The summed E-state index contributed by atoms with van der Waals surface area (Å²) >= 11 is 6.33. The van der Waals surface area contributed by atoms with Crippen molar-refractivity contribution in [1.82, 2.24) is 4.98 Å². The highest BCUT2D eigenvalue weighted by molar-refractivity contribution is 6.30. The maximum Gasteiger partial charge on any atom is 0.300 e. The molecule has 25 heavy (non-hydrogen) atoms. The molecule has 1 heterocycles. The third-order valence-corrected chi connectivity index (χ3v) is 4.36. The first-order chi connectivity index (χ1) is 12.1. The molecule has 126 valence electrons. The number of H-pyrrole nitrogens is 1. The molecular formula is C21H19ClN2O. The number of fused-ring (bicyclic) bond motifs is 1. The summed E-state index contributed by atoms with van der Waals surface area (Å²) in [5, 5.41) is 5.54. The Kier molecular flexibility index (Phi) is 5.11. The van der Waals surface area contributed by atoms with Crippen LogP contribution >= 0.6 is 11.6 Å². The molecule has 0 spiro atoms. The van der Waals surface area contributed by atoms with Gasteiger partial charge in [0.25, 0.3) is 5.91 Å². The van der Waals surface area contributed by atoms with Crippen molar-refractivity contribution in [3.05, 3.63) is 57.7 Å². The SMILES string of the molecule is CC#CC(=O)Nc1cccc(C2=CC(C)CC=c3[nH]cc(Cl)c3=C2)c1. The summed E-state index contributed by atoms with van der Waals surface area (Å²) < 4.78 is 0. The van der Waals surface area contributed by atoms with Crippen LogP contribution in [0.25, 0.3) is 17.7 Å². The van der Waals surface area contributed by atoms with E-state index in [1.165, 1.54) is 0 Å². The van der Waals surface area contributed by atoms with Gasteiger partial charge in [-0.05, 0) is 54.5 Å². The van der Waals surface area contributed by atoms with Gasteiger partial charge in [-0.15, -0.1) is 0 Å². The number of benzene rings is 1. The molecule has 0 radical (unpaired) electrons. The molecule has 2 N–H and O–H groups in total. The molecule has 3 rings (SSSR count). The van der Waals surface area contributed by atoms with Crippen LogP contribution in [0, 0.1) is 17.8 Å². The Balaban J connectivity index is 2.05. The number of carbonyl (C=O) groups is 1. The average Bonchev–Trinajstić information content (AvgIpc) is 2.90. The minimum atomic E-state index is -0.311. The number of allylic oxidation sites excluding steroid dienone is 2. The van der Waals surface area contributed by atoms with Gasteiger partial charge in [0, 0.05) is 22.5 Å². The second-order valence-corrected chi connectivity index (χ2v) is 6.46. The summed E-state index contributed by atoms with van der Waals surface area (Å²) in [4.78, 5) is 14.9. The van der Waals surface area contributed by atoms with Crippen LogP contribution in [0.15, 0.2) is 36.5 Å². The maximum absolute atomic E-state index is 11.7. The molecule has 1 aromatic carbocycles. The third-order valence-electron chi connectivity index (χ3n) is 4.05. The van der Waals surface area contributed by atoms with E-state index in [1.54, 1.807) is 6.92 Å². The van der Waals surface area contributed by atoms with Crippen molar-refractivity contribution in [2.24, 2.45) is 5.92 Å². The number of halogens is 1. The normalized spacial score (nSPS) is 16.0. The summed E-state index contributed by atoms with van der Waals surface area (Å²) in [7, 11) is 0. The summed E-state index contributed by atoms with van der Waals surface area (Å²) in [6, 6.07) is 7.76. The Hall–Kier alpha value is -2.70. The second-order valence-electron chi connectivity index (χ2n) is 6.06. The van der Waals surface area contributed by atoms with E-state index in [9.17, 15) is 4.79 Å². The van der Waals surface area contributed by atoms with E-state index in [2.05, 4.69) is 47.3 Å². The lowest BCUT2D eigenvalue weighted by Gasteiger charge is -2.11. The largest absolute Gasteiger partial charge is 0.360 e. The van der Waals surface area contributed by atoms with Gasteiger partial charge in [-0.2, -0.15) is 0 Å². The molecule has 1 amide bonds. The van der Waals surface area contributed by atoms with E-state index in [-0.39, 0.29) is 5.91 Å². The highest BCUT2D eigenvalue weighted by Gasteiger charge is 2.08. The average molecular weight is 351 g/mol. The Morgan fingerprint density at radius 3 is 3.04 bits per heavy atom. The molecule has 3 nitrogen and oxygen atoms in total. The van der Waals surface area contributed by atoms with Gasteiger partial charge in [-0.25, -0.2) is 0 Å². The highest BCUT2D eigenvalue weighted by atomic mass is 35.5. The standard InChI is InChI=1S/C21H19ClN2O/c1-3-5-21(25)24-17-7-4-6-15(11-17)16-10-14(2)8-9-20-18(12-16)19(22)13-23-20/h4,6-7,9-14,23H,8H2,1-2H3,(H,24,25). The maximum atomic E-state index is 11.7. The fourth-order valence-corrected chi connectivity index (χ4v) is 3.07. The number of hydrogen-bond acceptors (Lipinski definition) is 1. The molecule has 2 aromatic rings. The van der Waals surface area contributed by atoms with Gasteiger partial charge < -0.3 is 10.3 Å². The summed E-state index contributed by atoms with van der Waals surface area (Å²) in [6.45, 7) is 3.82. The minimum Gasteiger partial charge on any atom is -0.360 e. The first-order valence-corrected chi connectivity index (χ1v) is 8.55. The first-order valence-electron chi connectivity index (χ1n) is 8.17. The van der Waals surface area contributed by atoms with Crippen molar-refractivity contribution in [2.75, 3.05) is 5.32 Å². The molecule has 1 aromatic heterocycles. The number of hydrogen-bond donors (Lipinski definition) is 2. The molecule has 1 atom stereocenters. The van der Waals surface area contributed by atoms with E-state index in [0.717, 1.165) is 33.8 Å². The predicted octanol–water partition coefficient (Wildman–Crippen LogP) is 3.31. The Morgan fingerprint density at radius 1 is 1.40 bits per heavy atom. The van der Waals surface area contributed by atoms with E-state index in [0.29, 0.717) is 10.9 Å². The number of aromatic amines is 1. The fourth-order valence-electron chi connectivity index (χ4n) is 2.85. The predicted molar refractivity (Wildman–Crippen MR) is 104 cm³/mol. The number of amides is 1. The van der Waals surface area contributed by atoms with E-state index in [1.807, 2.05) is 30.5 Å². The van der Waals surface area contributed by atoms with Crippen LogP contribution in [0.1, 0.15) is 25.8 Å². The molecule has 4 heteroatoms. The van der Waals surface area contributed by atoms with Crippen LogP contribution in [0.2, 0.25) is 5.02 Å². The number of carbonyl (C=O) groups excluding carboxylic acids is 1. The van der Waals surface area contributed by atoms with Gasteiger partial charge in [-0.3, -0.25) is 4.79 Å². The van der Waals surface area contributed by atoms with E-state index < -0.39 is 0 Å². The third kappa shape index (κ3) is 4.04. The minimum absolute atomic E-state index is 0.311. The fraction of sp³-hybridized carbons (Fsp3) is 0.190. The lowest BCUT2D eigenvalue weighted by molar-refractivity contribution is -0.111. The van der Waals surface area contributed by atoms with Gasteiger partial charge in [0.2, 0.25) is 0 Å². The van der Waals surface area contributed by atoms with Crippen LogP contribution in [0.5, 0.6) is 0 Å². The first kappa shape index (κ1) is 17.1. The Bertz CT molecular complexity index is 1020. The Labute approximate surface area is 152 Å². The van der Waals surface area contributed by atoms with E-state index in [4.69, 9.17) is 11.6 Å². The van der Waals surface area contributed by atoms with Crippen molar-refractivity contribution in [3.63, 3.8) is 0 Å². The zero-order valence-corrected chi connectivity index (χ0v) is 14.9. The van der Waals surface area contributed by atoms with Crippen LogP contribution in [-0.2, 0) is 4.79 Å². The quantitative estimate of drug-likeness (QED) is 0.802. The lowest BCUT2D eigenvalue weighted by Crippen LogP contribution is -2.24. The van der Waals surface area contributed by atoms with E-state index >= 15 is 0 Å². The highest BCUT2D eigenvalue weighted by Crippen LogP contribution is 2.24. The second kappa shape index (κ2) is 7.46. The molecule has 0 bridgehead atoms. The topological polar surface area (TPSA) is 44.9 Å². The van der Waals surface area contributed by atoms with Crippen molar-refractivity contribution in [3.8, 4) is 11.8 Å². The van der Waals surface area contributed by atoms with Gasteiger partial charge >= 0.3 is 0 Å². The van der Waals surface area contributed by atoms with Gasteiger partial charge in [0.15, 0.2) is 0 Å². The zero-order chi connectivity index (χ0) is 17.8. The van der Waals surface area contributed by atoms with Gasteiger partial charge in [-0.1, -0.05) is 48.7 Å². The number of anilines is 1. The molecule has 1 aliphatic carbocycles. The van der Waals surface area contributed by atoms with Gasteiger partial charge in [0.1, 0.15) is 0 Å². The molecule has 1 unspecified atom stereocenters. The van der Waals surface area contributed by atoms with Crippen LogP contribution in [0.4, 0.5) is 5.69 Å². The molecule has 0 aliphatic heterocycles. The molecule has 0 saturated carbocycles. The summed E-state index contributed by atoms with van der Waals surface area (Å²) in [5.41, 5.74) is 2.83. The van der Waals surface area contributed by atoms with Crippen molar-refractivity contribution < 1.29 is 4.79 Å². The molecule has 1 aliphatic rings. The van der Waals surface area contributed by atoms with Crippen molar-refractivity contribution in [1.29, 1.82) is 0 Å². The van der Waals surface area contributed by atoms with Crippen molar-refractivity contribution in [2.45, 2.75) is 20.3 Å². The van der Waals surface area contributed by atoms with Crippen molar-refractivity contribution >= 4 is 40.9 Å². The van der Waals surface area contributed by atoms with Crippen LogP contribution in [-0.4, -0.2) is 10.9 Å². The van der Waals surface area contributed by atoms with Crippen LogP contribution in [0.3, 0.4) is 0 Å². The van der Waals surface area contributed by atoms with Gasteiger partial charge in [0.05, 0.1) is 5.02 Å². The van der Waals surface area contributed by atoms with Crippen LogP contribution < -0.4 is 15.9 Å². The molecule has 0 fully saturated rings. The number of nitrogens with one attached hydrogen (secondary N) is 2. The summed E-state index contributed by atoms with van der Waals surface area (Å²) in [6.07, 6.45) is 9.25. The number of aromatic nitrogens is 1. The Morgan fingerprint density at radius 2 is 2.24 bits per heavy atom.